The number of carbonyl (C=O) groups excluding carboxylic acids is 2. The number of hydrogen-bond acceptors (Lipinski definition) is 5. The standard InChI is InChI=1S/C27H32FN5O3/c1-4-22(34)33-10-9-20(19(28)12-33)32-27(35)23-16(3)31-26-24(29-14-30-25(23)26)18-11-15(2)5-8-21(18)36-13-17-6-7-17/h5,8,11,14,17,19-20,31H,4,6-7,9-10,12-13H2,1-3H3,(H,32,35)/t19-,20-/m0/s1. The van der Waals surface area contributed by atoms with E-state index in [1.165, 1.54) is 24.1 Å². The Balaban J connectivity index is 1.42. The van der Waals surface area contributed by atoms with E-state index in [1.54, 1.807) is 13.8 Å². The quantitative estimate of drug-likeness (QED) is 0.516. The minimum atomic E-state index is -1.33. The van der Waals surface area contributed by atoms with Gasteiger partial charge < -0.3 is 19.9 Å². The Bertz CT molecular complexity index is 1300. The average Bonchev–Trinajstić information content (AvgIpc) is 3.63. The van der Waals surface area contributed by atoms with Gasteiger partial charge in [0, 0.05) is 24.2 Å². The molecule has 0 radical (unpaired) electrons. The maximum atomic E-state index is 14.9. The number of benzene rings is 1. The molecule has 3 heterocycles. The third-order valence-electron chi connectivity index (χ3n) is 7.07. The molecule has 1 saturated carbocycles. The number of piperidine rings is 1. The third-order valence-corrected chi connectivity index (χ3v) is 7.07. The van der Waals surface area contributed by atoms with Gasteiger partial charge in [0.1, 0.15) is 29.5 Å². The van der Waals surface area contributed by atoms with E-state index in [-0.39, 0.29) is 18.4 Å². The highest BCUT2D eigenvalue weighted by Gasteiger charge is 2.33. The van der Waals surface area contributed by atoms with E-state index in [2.05, 4.69) is 20.3 Å². The normalized spacial score (nSPS) is 19.9. The number of ether oxygens (including phenoxy) is 1. The first kappa shape index (κ1) is 24.2. The van der Waals surface area contributed by atoms with Gasteiger partial charge in [-0.25, -0.2) is 14.4 Å². The Kier molecular flexibility index (Phi) is 6.64. The van der Waals surface area contributed by atoms with Crippen molar-refractivity contribution in [3.8, 4) is 17.0 Å². The summed E-state index contributed by atoms with van der Waals surface area (Å²) in [5, 5.41) is 2.84. The molecule has 9 heteroatoms. The van der Waals surface area contributed by atoms with Crippen LogP contribution in [0.5, 0.6) is 5.75 Å². The van der Waals surface area contributed by atoms with Crippen molar-refractivity contribution in [1.82, 2.24) is 25.2 Å². The Morgan fingerprint density at radius 2 is 2.03 bits per heavy atom. The lowest BCUT2D eigenvalue weighted by molar-refractivity contribution is -0.133. The van der Waals surface area contributed by atoms with Crippen LogP contribution in [0.15, 0.2) is 24.5 Å². The first-order valence-electron chi connectivity index (χ1n) is 12.7. The molecule has 1 aliphatic carbocycles. The second-order valence-corrected chi connectivity index (χ2v) is 9.90. The van der Waals surface area contributed by atoms with Crippen molar-refractivity contribution in [2.24, 2.45) is 5.92 Å². The molecule has 1 aliphatic heterocycles. The zero-order valence-electron chi connectivity index (χ0n) is 20.9. The number of aromatic nitrogens is 3. The highest BCUT2D eigenvalue weighted by atomic mass is 19.1. The second kappa shape index (κ2) is 9.87. The van der Waals surface area contributed by atoms with E-state index >= 15 is 0 Å². The third kappa shape index (κ3) is 4.79. The molecule has 1 saturated heterocycles. The predicted octanol–water partition coefficient (Wildman–Crippen LogP) is 4.11. The van der Waals surface area contributed by atoms with Crippen molar-refractivity contribution in [3.05, 3.63) is 41.3 Å². The van der Waals surface area contributed by atoms with Crippen LogP contribution >= 0.6 is 0 Å². The van der Waals surface area contributed by atoms with E-state index < -0.39 is 12.2 Å². The molecule has 0 spiro atoms. The number of H-pyrrole nitrogens is 1. The monoisotopic (exact) mass is 493 g/mol. The van der Waals surface area contributed by atoms with Crippen molar-refractivity contribution in [1.29, 1.82) is 0 Å². The molecule has 1 aromatic carbocycles. The van der Waals surface area contributed by atoms with Crippen LogP contribution in [0.4, 0.5) is 4.39 Å². The fourth-order valence-electron chi connectivity index (χ4n) is 4.81. The van der Waals surface area contributed by atoms with Gasteiger partial charge in [0.2, 0.25) is 5.91 Å². The molecule has 0 bridgehead atoms. The van der Waals surface area contributed by atoms with Gasteiger partial charge in [-0.15, -0.1) is 0 Å². The van der Waals surface area contributed by atoms with Crippen LogP contribution < -0.4 is 10.1 Å². The number of nitrogens with one attached hydrogen (secondary N) is 2. The van der Waals surface area contributed by atoms with E-state index in [0.29, 0.717) is 59.9 Å². The minimum absolute atomic E-state index is 0.00615. The molecule has 190 valence electrons. The van der Waals surface area contributed by atoms with E-state index in [0.717, 1.165) is 16.9 Å². The summed E-state index contributed by atoms with van der Waals surface area (Å²) in [7, 11) is 0. The van der Waals surface area contributed by atoms with Gasteiger partial charge in [-0.3, -0.25) is 9.59 Å². The number of likely N-dealkylation sites (tertiary alicyclic amines) is 1. The van der Waals surface area contributed by atoms with Crippen LogP contribution in [-0.4, -0.2) is 63.6 Å². The number of fused-ring (bicyclic) bond motifs is 1. The molecule has 0 unspecified atom stereocenters. The zero-order valence-corrected chi connectivity index (χ0v) is 20.9. The lowest BCUT2D eigenvalue weighted by Crippen LogP contribution is -2.53. The number of rotatable bonds is 7. The molecule has 36 heavy (non-hydrogen) atoms. The molecule has 3 aromatic rings. The zero-order chi connectivity index (χ0) is 25.4. The van der Waals surface area contributed by atoms with Crippen molar-refractivity contribution in [3.63, 3.8) is 0 Å². The Morgan fingerprint density at radius 1 is 1.22 bits per heavy atom. The number of aromatic amines is 1. The number of aryl methyl sites for hydroxylation is 2. The van der Waals surface area contributed by atoms with E-state index in [1.807, 2.05) is 25.1 Å². The van der Waals surface area contributed by atoms with Gasteiger partial charge >= 0.3 is 0 Å². The second-order valence-electron chi connectivity index (χ2n) is 9.90. The first-order chi connectivity index (χ1) is 17.4. The van der Waals surface area contributed by atoms with Gasteiger partial charge in [-0.05, 0) is 51.2 Å². The van der Waals surface area contributed by atoms with Crippen molar-refractivity contribution >= 4 is 22.8 Å². The summed E-state index contributed by atoms with van der Waals surface area (Å²) in [6.45, 7) is 6.67. The fraction of sp³-hybridized carbons (Fsp3) is 0.481. The molecule has 2 amide bonds. The summed E-state index contributed by atoms with van der Waals surface area (Å²) < 4.78 is 21.0. The van der Waals surface area contributed by atoms with Gasteiger partial charge in [0.25, 0.3) is 5.91 Å². The van der Waals surface area contributed by atoms with Gasteiger partial charge in [-0.2, -0.15) is 0 Å². The first-order valence-corrected chi connectivity index (χ1v) is 12.7. The molecule has 2 N–H and O–H groups in total. The molecule has 8 nitrogen and oxygen atoms in total. The maximum Gasteiger partial charge on any atom is 0.255 e. The number of alkyl halides is 1. The smallest absolute Gasteiger partial charge is 0.255 e. The summed E-state index contributed by atoms with van der Waals surface area (Å²) in [5.74, 6) is 0.898. The molecular weight excluding hydrogens is 461 g/mol. The highest BCUT2D eigenvalue weighted by Crippen LogP contribution is 2.37. The Labute approximate surface area is 209 Å². The molecule has 5 rings (SSSR count). The average molecular weight is 494 g/mol. The molecular formula is C27H32FN5O3. The number of hydrogen-bond donors (Lipinski definition) is 2. The van der Waals surface area contributed by atoms with Crippen molar-refractivity contribution in [2.45, 2.75) is 58.7 Å². The summed E-state index contributed by atoms with van der Waals surface area (Å²) >= 11 is 0. The van der Waals surface area contributed by atoms with Gasteiger partial charge in [0.15, 0.2) is 0 Å². The van der Waals surface area contributed by atoms with Crippen LogP contribution in [0, 0.1) is 19.8 Å². The molecule has 2 aliphatic rings. The molecule has 2 fully saturated rings. The van der Waals surface area contributed by atoms with Crippen LogP contribution in [-0.2, 0) is 4.79 Å². The number of halogens is 1. The van der Waals surface area contributed by atoms with Gasteiger partial charge in [0.05, 0.1) is 30.3 Å². The van der Waals surface area contributed by atoms with Crippen LogP contribution in [0.25, 0.3) is 22.3 Å². The Hall–Kier alpha value is -3.49. The van der Waals surface area contributed by atoms with Crippen molar-refractivity contribution in [2.75, 3.05) is 19.7 Å². The lowest BCUT2D eigenvalue weighted by atomic mass is 10.0. The van der Waals surface area contributed by atoms with Crippen LogP contribution in [0.2, 0.25) is 0 Å². The summed E-state index contributed by atoms with van der Waals surface area (Å²) in [6, 6.07) is 5.33. The van der Waals surface area contributed by atoms with E-state index in [9.17, 15) is 14.0 Å². The molecule has 2 aromatic heterocycles. The molecule has 2 atom stereocenters. The fourth-order valence-corrected chi connectivity index (χ4v) is 4.81. The topological polar surface area (TPSA) is 100 Å². The number of amides is 2. The number of carbonyl (C=O) groups is 2. The summed E-state index contributed by atoms with van der Waals surface area (Å²) in [6.07, 6.45) is 3.22. The van der Waals surface area contributed by atoms with Gasteiger partial charge in [-0.1, -0.05) is 18.6 Å². The lowest BCUT2D eigenvalue weighted by Gasteiger charge is -2.35. The summed E-state index contributed by atoms with van der Waals surface area (Å²) in [4.78, 5) is 39.0. The SMILES string of the molecule is CCC(=O)N1CC[C@H](NC(=O)c2c(C)[nH]c3c(-c4cc(C)ccc4OCC4CC4)ncnc23)[C@@H](F)C1. The number of nitrogens with zero attached hydrogens (tertiary/aromatic N) is 3. The van der Waals surface area contributed by atoms with E-state index in [4.69, 9.17) is 4.74 Å². The van der Waals surface area contributed by atoms with Crippen LogP contribution in [0.3, 0.4) is 0 Å². The largest absolute Gasteiger partial charge is 0.493 e. The predicted molar refractivity (Wildman–Crippen MR) is 135 cm³/mol. The maximum absolute atomic E-state index is 14.9. The Morgan fingerprint density at radius 3 is 2.75 bits per heavy atom. The van der Waals surface area contributed by atoms with Crippen LogP contribution in [0.1, 0.15) is 54.2 Å². The van der Waals surface area contributed by atoms with Crippen molar-refractivity contribution < 1.29 is 18.7 Å². The summed E-state index contributed by atoms with van der Waals surface area (Å²) in [5.41, 5.74) is 4.70. The highest BCUT2D eigenvalue weighted by molar-refractivity contribution is 6.09. The minimum Gasteiger partial charge on any atom is -0.493 e.